The first-order valence-corrected chi connectivity index (χ1v) is 8.17. The van der Waals surface area contributed by atoms with Gasteiger partial charge in [-0.2, -0.15) is 0 Å². The Balaban J connectivity index is 2.78. The molecule has 0 aliphatic carbocycles. The van der Waals surface area contributed by atoms with Crippen molar-refractivity contribution in [2.75, 3.05) is 17.3 Å². The Morgan fingerprint density at radius 3 is 2.29 bits per heavy atom. The van der Waals surface area contributed by atoms with E-state index >= 15 is 0 Å². The minimum atomic E-state index is -0.158. The molecule has 0 aliphatic rings. The molecule has 2 nitrogen and oxygen atoms in total. The summed E-state index contributed by atoms with van der Waals surface area (Å²) in [6, 6.07) is 6.16. The molecule has 2 unspecified atom stereocenters. The number of anilines is 2. The quantitative estimate of drug-likeness (QED) is 0.700. The maximum atomic E-state index is 14.3. The smallest absolute Gasteiger partial charge is 0.148 e. The predicted octanol–water partition coefficient (Wildman–Crippen LogP) is 5.30. The van der Waals surface area contributed by atoms with Crippen LogP contribution in [0, 0.1) is 11.7 Å². The molecule has 0 spiro atoms. The summed E-state index contributed by atoms with van der Waals surface area (Å²) in [4.78, 5) is 1.95. The normalized spacial score (nSPS) is 14.1. The van der Waals surface area contributed by atoms with E-state index in [1.807, 2.05) is 24.1 Å². The zero-order valence-electron chi connectivity index (χ0n) is 14.4. The van der Waals surface area contributed by atoms with Crippen LogP contribution in [0.15, 0.2) is 18.2 Å². The molecule has 0 saturated carbocycles. The van der Waals surface area contributed by atoms with Crippen molar-refractivity contribution < 1.29 is 4.39 Å². The first-order chi connectivity index (χ1) is 9.88. The molecular weight excluding hydrogens is 263 g/mol. The number of nitrogens with zero attached hydrogens (tertiary/aromatic N) is 1. The largest absolute Gasteiger partial charge is 0.382 e. The Bertz CT molecular complexity index is 431. The summed E-state index contributed by atoms with van der Waals surface area (Å²) in [6.07, 6.45) is 3.37. The summed E-state index contributed by atoms with van der Waals surface area (Å²) in [6.45, 7) is 10.8. The van der Waals surface area contributed by atoms with Gasteiger partial charge in [0.05, 0.1) is 5.69 Å². The number of nitrogens with one attached hydrogen (secondary N) is 1. The average Bonchev–Trinajstić information content (AvgIpc) is 2.45. The molecule has 0 amide bonds. The second-order valence-electron chi connectivity index (χ2n) is 6.37. The first kappa shape index (κ1) is 17.8. The van der Waals surface area contributed by atoms with Crippen LogP contribution in [0.25, 0.3) is 0 Å². The van der Waals surface area contributed by atoms with Gasteiger partial charge in [0.15, 0.2) is 0 Å². The second kappa shape index (κ2) is 8.26. The third kappa shape index (κ3) is 5.22. The summed E-state index contributed by atoms with van der Waals surface area (Å²) >= 11 is 0. The lowest BCUT2D eigenvalue weighted by molar-refractivity contribution is 0.461. The fourth-order valence-electron chi connectivity index (χ4n) is 2.38. The van der Waals surface area contributed by atoms with Gasteiger partial charge in [0, 0.05) is 24.8 Å². The first-order valence-electron chi connectivity index (χ1n) is 8.17. The predicted molar refractivity (Wildman–Crippen MR) is 91.7 cm³/mol. The standard InChI is InChI=1S/C18H31FN2/c1-7-14(5)11-15(8-2)20-16-9-10-18(17(19)12-16)21(6)13(3)4/h9-10,12-15,20H,7-8,11H2,1-6H3. The Morgan fingerprint density at radius 1 is 1.14 bits per heavy atom. The summed E-state index contributed by atoms with van der Waals surface area (Å²) < 4.78 is 14.3. The highest BCUT2D eigenvalue weighted by atomic mass is 19.1. The van der Waals surface area contributed by atoms with E-state index in [0.29, 0.717) is 17.6 Å². The van der Waals surface area contributed by atoms with E-state index in [9.17, 15) is 4.39 Å². The third-order valence-corrected chi connectivity index (χ3v) is 4.35. The molecule has 21 heavy (non-hydrogen) atoms. The molecule has 0 radical (unpaired) electrons. The highest BCUT2D eigenvalue weighted by Gasteiger charge is 2.14. The van der Waals surface area contributed by atoms with Crippen LogP contribution in [-0.2, 0) is 0 Å². The van der Waals surface area contributed by atoms with Gasteiger partial charge in [0.25, 0.3) is 0 Å². The van der Waals surface area contributed by atoms with Gasteiger partial charge in [-0.3, -0.25) is 0 Å². The van der Waals surface area contributed by atoms with E-state index in [1.54, 1.807) is 6.07 Å². The van der Waals surface area contributed by atoms with Gasteiger partial charge in [0.1, 0.15) is 5.82 Å². The number of hydrogen-bond donors (Lipinski definition) is 1. The maximum absolute atomic E-state index is 14.3. The molecule has 0 saturated heterocycles. The van der Waals surface area contributed by atoms with E-state index < -0.39 is 0 Å². The lowest BCUT2D eigenvalue weighted by atomic mass is 9.97. The summed E-state index contributed by atoms with van der Waals surface area (Å²) in [5.41, 5.74) is 1.54. The van der Waals surface area contributed by atoms with Crippen molar-refractivity contribution in [3.63, 3.8) is 0 Å². The van der Waals surface area contributed by atoms with Crippen LogP contribution in [0.4, 0.5) is 15.8 Å². The van der Waals surface area contributed by atoms with Crippen LogP contribution in [-0.4, -0.2) is 19.1 Å². The monoisotopic (exact) mass is 294 g/mol. The molecule has 1 aromatic carbocycles. The van der Waals surface area contributed by atoms with Gasteiger partial charge >= 0.3 is 0 Å². The lowest BCUT2D eigenvalue weighted by Crippen LogP contribution is -2.26. The van der Waals surface area contributed by atoms with E-state index in [1.165, 1.54) is 6.42 Å². The van der Waals surface area contributed by atoms with Gasteiger partial charge in [-0.05, 0) is 50.8 Å². The molecular formula is C18H31FN2. The molecule has 0 heterocycles. The van der Waals surface area contributed by atoms with Crippen LogP contribution in [0.1, 0.15) is 53.9 Å². The van der Waals surface area contributed by atoms with Crippen molar-refractivity contribution in [3.05, 3.63) is 24.0 Å². The number of halogens is 1. The van der Waals surface area contributed by atoms with Crippen molar-refractivity contribution in [1.82, 2.24) is 0 Å². The zero-order valence-corrected chi connectivity index (χ0v) is 14.4. The van der Waals surface area contributed by atoms with Crippen LogP contribution in [0.5, 0.6) is 0 Å². The van der Waals surface area contributed by atoms with Gasteiger partial charge in [-0.15, -0.1) is 0 Å². The molecule has 2 atom stereocenters. The minimum absolute atomic E-state index is 0.158. The van der Waals surface area contributed by atoms with E-state index in [0.717, 1.165) is 18.5 Å². The topological polar surface area (TPSA) is 15.3 Å². The third-order valence-electron chi connectivity index (χ3n) is 4.35. The fourth-order valence-corrected chi connectivity index (χ4v) is 2.38. The molecule has 1 rings (SSSR count). The Labute approximate surface area is 129 Å². The molecule has 0 bridgehead atoms. The van der Waals surface area contributed by atoms with Gasteiger partial charge in [-0.25, -0.2) is 4.39 Å². The highest BCUT2D eigenvalue weighted by Crippen LogP contribution is 2.25. The van der Waals surface area contributed by atoms with E-state index in [-0.39, 0.29) is 11.9 Å². The zero-order chi connectivity index (χ0) is 16.0. The minimum Gasteiger partial charge on any atom is -0.382 e. The second-order valence-corrected chi connectivity index (χ2v) is 6.37. The summed E-state index contributed by atoms with van der Waals surface area (Å²) in [7, 11) is 1.92. The molecule has 0 aromatic heterocycles. The van der Waals surface area contributed by atoms with Crippen molar-refractivity contribution in [2.24, 2.45) is 5.92 Å². The van der Waals surface area contributed by atoms with Crippen molar-refractivity contribution in [3.8, 4) is 0 Å². The molecule has 1 N–H and O–H groups in total. The molecule has 0 fully saturated rings. The molecule has 3 heteroatoms. The van der Waals surface area contributed by atoms with Crippen molar-refractivity contribution >= 4 is 11.4 Å². The lowest BCUT2D eigenvalue weighted by Gasteiger charge is -2.25. The molecule has 120 valence electrons. The van der Waals surface area contributed by atoms with Crippen LogP contribution in [0.3, 0.4) is 0 Å². The number of benzene rings is 1. The van der Waals surface area contributed by atoms with Gasteiger partial charge in [0.2, 0.25) is 0 Å². The molecule has 0 aliphatic heterocycles. The van der Waals surface area contributed by atoms with Crippen molar-refractivity contribution in [2.45, 2.75) is 66.0 Å². The average molecular weight is 294 g/mol. The summed E-state index contributed by atoms with van der Waals surface area (Å²) in [5, 5.41) is 3.47. The van der Waals surface area contributed by atoms with E-state index in [4.69, 9.17) is 0 Å². The van der Waals surface area contributed by atoms with Crippen molar-refractivity contribution in [1.29, 1.82) is 0 Å². The Kier molecular flexibility index (Phi) is 7.00. The number of hydrogen-bond acceptors (Lipinski definition) is 2. The molecule has 1 aromatic rings. The van der Waals surface area contributed by atoms with Gasteiger partial charge < -0.3 is 10.2 Å². The van der Waals surface area contributed by atoms with Gasteiger partial charge in [-0.1, -0.05) is 27.2 Å². The van der Waals surface area contributed by atoms with Crippen LogP contribution >= 0.6 is 0 Å². The highest BCUT2D eigenvalue weighted by molar-refractivity contribution is 5.56. The van der Waals surface area contributed by atoms with Crippen LogP contribution in [0.2, 0.25) is 0 Å². The fraction of sp³-hybridized carbons (Fsp3) is 0.667. The Morgan fingerprint density at radius 2 is 1.81 bits per heavy atom. The number of rotatable bonds is 8. The maximum Gasteiger partial charge on any atom is 0.148 e. The summed E-state index contributed by atoms with van der Waals surface area (Å²) in [5.74, 6) is 0.535. The van der Waals surface area contributed by atoms with Crippen LogP contribution < -0.4 is 10.2 Å². The Hall–Kier alpha value is -1.25. The SMILES string of the molecule is CCC(C)CC(CC)Nc1ccc(N(C)C(C)C)c(F)c1. The van der Waals surface area contributed by atoms with E-state index in [2.05, 4.69) is 39.9 Å².